The van der Waals surface area contributed by atoms with Gasteiger partial charge >= 0.3 is 5.97 Å². The van der Waals surface area contributed by atoms with Gasteiger partial charge in [-0.15, -0.1) is 0 Å². The van der Waals surface area contributed by atoms with E-state index in [4.69, 9.17) is 9.47 Å². The van der Waals surface area contributed by atoms with Crippen molar-refractivity contribution in [3.8, 4) is 11.4 Å². The fourth-order valence-corrected chi connectivity index (χ4v) is 3.64. The van der Waals surface area contributed by atoms with Gasteiger partial charge in [0.25, 0.3) is 5.91 Å². The summed E-state index contributed by atoms with van der Waals surface area (Å²) in [5.41, 5.74) is 1.37. The highest BCUT2D eigenvalue weighted by atomic mass is 19.1. The smallest absolute Gasteiger partial charge is 0.328 e. The maximum Gasteiger partial charge on any atom is 0.328 e. The molecule has 0 N–H and O–H groups in total. The standard InChI is InChI=1S/C23H21FN2O4/c1-29-23(28)20-14-18(30-21-7-3-2-6-19(21)24)15-26(20)22(27)16-8-10-17(11-9-16)25-12-4-5-13-25/h2-13,18,20H,14-15H2,1H3/t18-,20-/m0/s1. The Morgan fingerprint density at radius 2 is 1.70 bits per heavy atom. The molecule has 1 aliphatic rings. The molecule has 4 rings (SSSR count). The summed E-state index contributed by atoms with van der Waals surface area (Å²) in [6.07, 6.45) is 3.53. The molecule has 30 heavy (non-hydrogen) atoms. The average molecular weight is 408 g/mol. The van der Waals surface area contributed by atoms with Crippen LogP contribution >= 0.6 is 0 Å². The lowest BCUT2D eigenvalue weighted by atomic mass is 10.1. The molecular weight excluding hydrogens is 387 g/mol. The maximum atomic E-state index is 13.9. The molecule has 1 aromatic heterocycles. The number of hydrogen-bond acceptors (Lipinski definition) is 4. The van der Waals surface area contributed by atoms with E-state index in [9.17, 15) is 14.0 Å². The number of esters is 1. The molecule has 1 amide bonds. The molecule has 2 atom stereocenters. The Morgan fingerprint density at radius 1 is 1.00 bits per heavy atom. The van der Waals surface area contributed by atoms with E-state index in [2.05, 4.69) is 0 Å². The molecular formula is C23H21FN2O4. The van der Waals surface area contributed by atoms with Crippen LogP contribution in [0.25, 0.3) is 5.69 Å². The molecule has 0 unspecified atom stereocenters. The van der Waals surface area contributed by atoms with Crippen LogP contribution in [-0.2, 0) is 9.53 Å². The Bertz CT molecular complexity index is 1030. The number of likely N-dealkylation sites (tertiary alicyclic amines) is 1. The van der Waals surface area contributed by atoms with E-state index in [1.54, 1.807) is 24.3 Å². The molecule has 6 nitrogen and oxygen atoms in total. The second kappa shape index (κ2) is 8.41. The maximum absolute atomic E-state index is 13.9. The van der Waals surface area contributed by atoms with Crippen LogP contribution in [0.15, 0.2) is 73.1 Å². The third kappa shape index (κ3) is 3.91. The molecule has 0 saturated carbocycles. The first-order valence-corrected chi connectivity index (χ1v) is 9.60. The predicted molar refractivity (Wildman–Crippen MR) is 108 cm³/mol. The van der Waals surface area contributed by atoms with Gasteiger partial charge in [0.05, 0.1) is 13.7 Å². The number of carbonyl (C=O) groups excluding carboxylic acids is 2. The summed E-state index contributed by atoms with van der Waals surface area (Å²) in [4.78, 5) is 26.8. The number of methoxy groups -OCH3 is 1. The molecule has 0 radical (unpaired) electrons. The average Bonchev–Trinajstić information content (AvgIpc) is 3.45. The zero-order chi connectivity index (χ0) is 21.1. The molecule has 1 fully saturated rings. The molecule has 1 saturated heterocycles. The van der Waals surface area contributed by atoms with Crippen LogP contribution in [0, 0.1) is 5.82 Å². The summed E-state index contributed by atoms with van der Waals surface area (Å²) < 4.78 is 26.5. The van der Waals surface area contributed by atoms with Crippen LogP contribution in [0.4, 0.5) is 4.39 Å². The van der Waals surface area contributed by atoms with Crippen molar-refractivity contribution in [3.63, 3.8) is 0 Å². The second-order valence-corrected chi connectivity index (χ2v) is 7.04. The van der Waals surface area contributed by atoms with Crippen molar-refractivity contribution in [3.05, 3.63) is 84.4 Å². The van der Waals surface area contributed by atoms with E-state index in [1.807, 2.05) is 41.2 Å². The molecule has 154 valence electrons. The first-order chi connectivity index (χ1) is 14.6. The fraction of sp³-hybridized carbons (Fsp3) is 0.217. The molecule has 2 heterocycles. The molecule has 1 aliphatic heterocycles. The van der Waals surface area contributed by atoms with Gasteiger partial charge in [-0.3, -0.25) is 4.79 Å². The monoisotopic (exact) mass is 408 g/mol. The summed E-state index contributed by atoms with van der Waals surface area (Å²) in [5, 5.41) is 0. The fourth-order valence-electron chi connectivity index (χ4n) is 3.64. The van der Waals surface area contributed by atoms with E-state index in [-0.39, 0.29) is 24.6 Å². The van der Waals surface area contributed by atoms with Crippen LogP contribution < -0.4 is 4.74 Å². The van der Waals surface area contributed by atoms with Crippen LogP contribution in [0.1, 0.15) is 16.8 Å². The van der Waals surface area contributed by atoms with Crippen molar-refractivity contribution < 1.29 is 23.5 Å². The van der Waals surface area contributed by atoms with Gasteiger partial charge in [0.1, 0.15) is 12.1 Å². The van der Waals surface area contributed by atoms with Gasteiger partial charge < -0.3 is 18.9 Å². The summed E-state index contributed by atoms with van der Waals surface area (Å²) in [6.45, 7) is 0.159. The van der Waals surface area contributed by atoms with E-state index in [1.165, 1.54) is 24.1 Å². The lowest BCUT2D eigenvalue weighted by molar-refractivity contribution is -0.145. The number of para-hydroxylation sites is 1. The summed E-state index contributed by atoms with van der Waals surface area (Å²) in [5.74, 6) is -1.22. The normalized spacial score (nSPS) is 18.3. The van der Waals surface area contributed by atoms with Crippen molar-refractivity contribution in [2.75, 3.05) is 13.7 Å². The van der Waals surface area contributed by atoms with Gasteiger partial charge in [0, 0.05) is 30.1 Å². The number of rotatable bonds is 5. The lowest BCUT2D eigenvalue weighted by Gasteiger charge is -2.22. The summed E-state index contributed by atoms with van der Waals surface area (Å²) >= 11 is 0. The predicted octanol–water partition coefficient (Wildman–Crippen LogP) is 3.45. The Balaban J connectivity index is 1.53. The van der Waals surface area contributed by atoms with Crippen LogP contribution in [-0.4, -0.2) is 47.1 Å². The van der Waals surface area contributed by atoms with Crippen molar-refractivity contribution in [1.29, 1.82) is 0 Å². The molecule has 7 heteroatoms. The molecule has 0 bridgehead atoms. The van der Waals surface area contributed by atoms with Crippen molar-refractivity contribution in [2.24, 2.45) is 0 Å². The number of amides is 1. The zero-order valence-electron chi connectivity index (χ0n) is 16.4. The third-order valence-corrected chi connectivity index (χ3v) is 5.14. The van der Waals surface area contributed by atoms with Gasteiger partial charge in [-0.2, -0.15) is 0 Å². The number of halogens is 1. The first kappa shape index (κ1) is 19.7. The van der Waals surface area contributed by atoms with Crippen molar-refractivity contribution >= 4 is 11.9 Å². The van der Waals surface area contributed by atoms with Crippen molar-refractivity contribution in [1.82, 2.24) is 9.47 Å². The van der Waals surface area contributed by atoms with E-state index >= 15 is 0 Å². The number of nitrogens with zero attached hydrogens (tertiary/aromatic N) is 2. The minimum Gasteiger partial charge on any atom is -0.485 e. The highest BCUT2D eigenvalue weighted by molar-refractivity contribution is 5.97. The van der Waals surface area contributed by atoms with Gasteiger partial charge in [-0.05, 0) is 48.5 Å². The quantitative estimate of drug-likeness (QED) is 0.607. The molecule has 0 aliphatic carbocycles. The van der Waals surface area contributed by atoms with Crippen LogP contribution in [0.5, 0.6) is 5.75 Å². The Labute approximate surface area is 173 Å². The number of hydrogen-bond donors (Lipinski definition) is 0. The SMILES string of the molecule is COC(=O)[C@@H]1C[C@H](Oc2ccccc2F)CN1C(=O)c1ccc(-n2cccc2)cc1. The number of benzene rings is 2. The Hall–Kier alpha value is -3.61. The largest absolute Gasteiger partial charge is 0.485 e. The zero-order valence-corrected chi connectivity index (χ0v) is 16.4. The lowest BCUT2D eigenvalue weighted by Crippen LogP contribution is -2.41. The van der Waals surface area contributed by atoms with E-state index in [0.29, 0.717) is 5.56 Å². The van der Waals surface area contributed by atoms with Crippen LogP contribution in [0.3, 0.4) is 0 Å². The van der Waals surface area contributed by atoms with Gasteiger partial charge in [-0.1, -0.05) is 12.1 Å². The van der Waals surface area contributed by atoms with Gasteiger partial charge in [0.15, 0.2) is 11.6 Å². The number of ether oxygens (including phenoxy) is 2. The minimum absolute atomic E-state index is 0.0940. The molecule has 0 spiro atoms. The number of aromatic nitrogens is 1. The van der Waals surface area contributed by atoms with E-state index < -0.39 is 23.9 Å². The topological polar surface area (TPSA) is 60.8 Å². The summed E-state index contributed by atoms with van der Waals surface area (Å²) in [7, 11) is 1.28. The van der Waals surface area contributed by atoms with Gasteiger partial charge in [-0.25, -0.2) is 9.18 Å². The Morgan fingerprint density at radius 3 is 2.37 bits per heavy atom. The first-order valence-electron chi connectivity index (χ1n) is 9.60. The third-order valence-electron chi connectivity index (χ3n) is 5.14. The highest BCUT2D eigenvalue weighted by Gasteiger charge is 2.42. The Kier molecular flexibility index (Phi) is 5.52. The number of carbonyl (C=O) groups is 2. The van der Waals surface area contributed by atoms with Crippen molar-refractivity contribution in [2.45, 2.75) is 18.6 Å². The minimum atomic E-state index is -0.789. The van der Waals surface area contributed by atoms with Crippen LogP contribution in [0.2, 0.25) is 0 Å². The molecule has 2 aromatic carbocycles. The highest BCUT2D eigenvalue weighted by Crippen LogP contribution is 2.27. The van der Waals surface area contributed by atoms with E-state index in [0.717, 1.165) is 5.69 Å². The second-order valence-electron chi connectivity index (χ2n) is 7.04. The molecule has 3 aromatic rings. The summed E-state index contributed by atoms with van der Waals surface area (Å²) in [6, 6.07) is 16.2. The van der Waals surface area contributed by atoms with Gasteiger partial charge in [0.2, 0.25) is 0 Å².